The predicted octanol–water partition coefficient (Wildman–Crippen LogP) is 4.54. The standard InChI is InChI=1S/C27H33N3O6S/c1-8-36-26(32)23-17(4)28-27(37-14-22(31)29-19-10-9-15(2)16(3)11-19)30-24(23)18-12-20(33-5)25(35-7)21(13-18)34-6/h9-13,24H,8,14H2,1-7H3,(H,28,30)(H,29,31)/t24-/m1/s1. The fraction of sp³-hybridized carbons (Fsp3) is 0.370. The highest BCUT2D eigenvalue weighted by molar-refractivity contribution is 8.14. The van der Waals surface area contributed by atoms with Crippen LogP contribution in [0.4, 0.5) is 5.69 Å². The van der Waals surface area contributed by atoms with Crippen LogP contribution < -0.4 is 24.8 Å². The van der Waals surface area contributed by atoms with Crippen LogP contribution in [0.3, 0.4) is 0 Å². The summed E-state index contributed by atoms with van der Waals surface area (Å²) >= 11 is 1.24. The van der Waals surface area contributed by atoms with Gasteiger partial charge in [0.15, 0.2) is 16.7 Å². The lowest BCUT2D eigenvalue weighted by molar-refractivity contribution is -0.139. The molecule has 1 heterocycles. The number of thioether (sulfide) groups is 1. The maximum absolute atomic E-state index is 12.9. The predicted molar refractivity (Wildman–Crippen MR) is 146 cm³/mol. The number of amidine groups is 1. The molecule has 0 saturated carbocycles. The number of nitrogens with one attached hydrogen (secondary N) is 2. The minimum absolute atomic E-state index is 0.128. The zero-order valence-corrected chi connectivity index (χ0v) is 23.0. The number of aryl methyl sites for hydroxylation is 2. The molecule has 0 spiro atoms. The number of aliphatic imine (C=N–C) groups is 1. The number of carbonyl (C=O) groups is 2. The summed E-state index contributed by atoms with van der Waals surface area (Å²) in [6.07, 6.45) is 0. The number of esters is 1. The van der Waals surface area contributed by atoms with Crippen LogP contribution in [0.25, 0.3) is 0 Å². The number of carbonyl (C=O) groups excluding carboxylic acids is 2. The number of hydrogen-bond acceptors (Lipinski definition) is 9. The molecule has 0 radical (unpaired) electrons. The largest absolute Gasteiger partial charge is 0.493 e. The molecule has 0 aliphatic carbocycles. The lowest BCUT2D eigenvalue weighted by Gasteiger charge is -2.26. The van der Waals surface area contributed by atoms with Gasteiger partial charge in [0.05, 0.1) is 39.3 Å². The Kier molecular flexibility index (Phi) is 9.46. The van der Waals surface area contributed by atoms with Gasteiger partial charge in [-0.15, -0.1) is 0 Å². The van der Waals surface area contributed by atoms with Crippen LogP contribution in [0.5, 0.6) is 17.2 Å². The number of anilines is 1. The molecule has 3 rings (SSSR count). The first kappa shape index (κ1) is 27.9. The van der Waals surface area contributed by atoms with Crippen LogP contribution in [0.15, 0.2) is 46.6 Å². The fourth-order valence-electron chi connectivity index (χ4n) is 3.84. The number of hydrogen-bond donors (Lipinski definition) is 2. The molecule has 198 valence electrons. The molecule has 1 atom stereocenters. The molecule has 0 bridgehead atoms. The molecule has 0 saturated heterocycles. The van der Waals surface area contributed by atoms with Gasteiger partial charge in [0.1, 0.15) is 6.04 Å². The number of methoxy groups -OCH3 is 3. The molecule has 1 aliphatic rings. The quantitative estimate of drug-likeness (QED) is 0.458. The molecule has 37 heavy (non-hydrogen) atoms. The van der Waals surface area contributed by atoms with Crippen LogP contribution >= 0.6 is 11.8 Å². The third-order valence-corrected chi connectivity index (χ3v) is 6.73. The second-order valence-electron chi connectivity index (χ2n) is 8.32. The van der Waals surface area contributed by atoms with Crippen molar-refractivity contribution in [1.29, 1.82) is 0 Å². The Hall–Kier alpha value is -3.66. The number of allylic oxidation sites excluding steroid dienone is 1. The summed E-state index contributed by atoms with van der Waals surface area (Å²) in [6, 6.07) is 8.58. The van der Waals surface area contributed by atoms with Gasteiger partial charge < -0.3 is 29.6 Å². The van der Waals surface area contributed by atoms with E-state index < -0.39 is 12.0 Å². The second-order valence-corrected chi connectivity index (χ2v) is 9.28. The minimum Gasteiger partial charge on any atom is -0.493 e. The van der Waals surface area contributed by atoms with E-state index in [4.69, 9.17) is 23.9 Å². The summed E-state index contributed by atoms with van der Waals surface area (Å²) in [4.78, 5) is 30.3. The van der Waals surface area contributed by atoms with Crippen molar-refractivity contribution in [3.05, 3.63) is 58.3 Å². The molecule has 2 aromatic carbocycles. The molecule has 0 unspecified atom stereocenters. The number of amides is 1. The fourth-order valence-corrected chi connectivity index (χ4v) is 4.59. The van der Waals surface area contributed by atoms with Gasteiger partial charge >= 0.3 is 5.97 Å². The lowest BCUT2D eigenvalue weighted by Crippen LogP contribution is -2.31. The Morgan fingerprint density at radius 2 is 1.68 bits per heavy atom. The van der Waals surface area contributed by atoms with E-state index in [0.717, 1.165) is 16.8 Å². The van der Waals surface area contributed by atoms with E-state index in [1.54, 1.807) is 26.0 Å². The molecule has 2 N–H and O–H groups in total. The molecule has 1 aliphatic heterocycles. The topological polar surface area (TPSA) is 107 Å². The first-order valence-corrected chi connectivity index (χ1v) is 12.7. The van der Waals surface area contributed by atoms with E-state index in [0.29, 0.717) is 39.2 Å². The van der Waals surface area contributed by atoms with Crippen molar-refractivity contribution in [3.8, 4) is 17.2 Å². The molecule has 10 heteroatoms. The minimum atomic E-state index is -0.709. The third kappa shape index (κ3) is 6.56. The maximum atomic E-state index is 12.9. The smallest absolute Gasteiger partial charge is 0.338 e. The number of benzene rings is 2. The summed E-state index contributed by atoms with van der Waals surface area (Å²) in [5, 5.41) is 6.56. The monoisotopic (exact) mass is 527 g/mol. The maximum Gasteiger partial charge on any atom is 0.338 e. The van der Waals surface area contributed by atoms with E-state index in [-0.39, 0.29) is 18.3 Å². The average Bonchev–Trinajstić information content (AvgIpc) is 2.88. The van der Waals surface area contributed by atoms with Crippen LogP contribution in [0, 0.1) is 13.8 Å². The Morgan fingerprint density at radius 1 is 1.00 bits per heavy atom. The highest BCUT2D eigenvalue weighted by Crippen LogP contribution is 2.43. The third-order valence-electron chi connectivity index (χ3n) is 5.85. The van der Waals surface area contributed by atoms with Crippen LogP contribution in [-0.4, -0.2) is 50.7 Å². The number of rotatable bonds is 9. The lowest BCUT2D eigenvalue weighted by atomic mass is 9.96. The summed E-state index contributed by atoms with van der Waals surface area (Å²) in [5.74, 6) is 0.791. The highest BCUT2D eigenvalue weighted by atomic mass is 32.2. The van der Waals surface area contributed by atoms with Crippen LogP contribution in [0.2, 0.25) is 0 Å². The molecule has 0 fully saturated rings. The van der Waals surface area contributed by atoms with E-state index in [9.17, 15) is 9.59 Å². The van der Waals surface area contributed by atoms with Gasteiger partial charge in [0, 0.05) is 11.4 Å². The molecule has 2 aromatic rings. The van der Waals surface area contributed by atoms with E-state index >= 15 is 0 Å². The first-order chi connectivity index (χ1) is 17.7. The van der Waals surface area contributed by atoms with Gasteiger partial charge in [0.25, 0.3) is 0 Å². The highest BCUT2D eigenvalue weighted by Gasteiger charge is 2.32. The van der Waals surface area contributed by atoms with Crippen molar-refractivity contribution in [2.24, 2.45) is 4.99 Å². The van der Waals surface area contributed by atoms with Crippen molar-refractivity contribution in [2.75, 3.05) is 39.0 Å². The van der Waals surface area contributed by atoms with Crippen molar-refractivity contribution in [3.63, 3.8) is 0 Å². The Balaban J connectivity index is 1.90. The van der Waals surface area contributed by atoms with Gasteiger partial charge in [-0.3, -0.25) is 4.79 Å². The number of nitrogens with zero attached hydrogens (tertiary/aromatic N) is 1. The summed E-state index contributed by atoms with van der Waals surface area (Å²) < 4.78 is 21.7. The van der Waals surface area contributed by atoms with Gasteiger partial charge in [-0.1, -0.05) is 17.8 Å². The zero-order chi connectivity index (χ0) is 27.1. The van der Waals surface area contributed by atoms with E-state index in [2.05, 4.69) is 10.6 Å². The Bertz CT molecular complexity index is 1220. The van der Waals surface area contributed by atoms with Crippen molar-refractivity contribution < 1.29 is 28.5 Å². The van der Waals surface area contributed by atoms with Crippen LogP contribution in [-0.2, 0) is 14.3 Å². The normalized spacial score (nSPS) is 14.9. The first-order valence-electron chi connectivity index (χ1n) is 11.7. The molecular weight excluding hydrogens is 494 g/mol. The summed E-state index contributed by atoms with van der Waals surface area (Å²) in [6.45, 7) is 7.77. The Morgan fingerprint density at radius 3 is 2.24 bits per heavy atom. The van der Waals surface area contributed by atoms with Gasteiger partial charge in [0.2, 0.25) is 11.7 Å². The van der Waals surface area contributed by atoms with Crippen molar-refractivity contribution in [1.82, 2.24) is 5.32 Å². The molecular formula is C27H33N3O6S. The van der Waals surface area contributed by atoms with Gasteiger partial charge in [-0.2, -0.15) is 0 Å². The van der Waals surface area contributed by atoms with Crippen LogP contribution in [0.1, 0.15) is 36.6 Å². The van der Waals surface area contributed by atoms with Gasteiger partial charge in [-0.05, 0) is 68.7 Å². The SMILES string of the molecule is CCOC(=O)C1=C(C)NC(SCC(=O)Nc2ccc(C)c(C)c2)=N[C@@H]1c1cc(OC)c(OC)c(OC)c1. The average molecular weight is 528 g/mol. The van der Waals surface area contributed by atoms with Crippen molar-refractivity contribution >= 4 is 34.5 Å². The molecule has 9 nitrogen and oxygen atoms in total. The van der Waals surface area contributed by atoms with Gasteiger partial charge in [-0.25, -0.2) is 9.79 Å². The Labute approximate surface area is 221 Å². The molecule has 1 amide bonds. The summed E-state index contributed by atoms with van der Waals surface area (Å²) in [5.41, 5.74) is 4.60. The number of ether oxygens (including phenoxy) is 4. The van der Waals surface area contributed by atoms with Crippen molar-refractivity contribution in [2.45, 2.75) is 33.7 Å². The molecule has 0 aromatic heterocycles. The summed E-state index contributed by atoms with van der Waals surface area (Å²) in [7, 11) is 4.57. The second kappa shape index (κ2) is 12.5. The zero-order valence-electron chi connectivity index (χ0n) is 22.2. The van der Waals surface area contributed by atoms with E-state index in [1.165, 1.54) is 33.1 Å². The van der Waals surface area contributed by atoms with E-state index in [1.807, 2.05) is 32.0 Å².